The highest BCUT2D eigenvalue weighted by Gasteiger charge is 2.34. The number of aliphatic hydroxyl groups excluding tert-OH is 1. The summed E-state index contributed by atoms with van der Waals surface area (Å²) in [5.74, 6) is 0. The molecule has 2 atom stereocenters. The standard InChI is InChI=1S/C11H22N2O/c1-12-10-7-13(8-11(10)14)9-5-3-2-4-6-9/h9-12,14H,2-8H2,1H3/t10-,11-/m0/s1. The fourth-order valence-corrected chi connectivity index (χ4v) is 2.84. The zero-order chi connectivity index (χ0) is 9.97. The molecule has 1 saturated heterocycles. The molecule has 0 bridgehead atoms. The first-order valence-corrected chi connectivity index (χ1v) is 5.90. The molecule has 3 heteroatoms. The van der Waals surface area contributed by atoms with E-state index in [1.807, 2.05) is 7.05 Å². The van der Waals surface area contributed by atoms with E-state index in [1.165, 1.54) is 32.1 Å². The quantitative estimate of drug-likeness (QED) is 0.681. The Morgan fingerprint density at radius 1 is 1.14 bits per heavy atom. The van der Waals surface area contributed by atoms with Gasteiger partial charge in [-0.15, -0.1) is 0 Å². The normalized spacial score (nSPS) is 36.4. The molecular weight excluding hydrogens is 176 g/mol. The van der Waals surface area contributed by atoms with Crippen molar-refractivity contribution in [2.45, 2.75) is 50.3 Å². The van der Waals surface area contributed by atoms with Gasteiger partial charge in [0.2, 0.25) is 0 Å². The fourth-order valence-electron chi connectivity index (χ4n) is 2.84. The Morgan fingerprint density at radius 3 is 2.43 bits per heavy atom. The summed E-state index contributed by atoms with van der Waals surface area (Å²) < 4.78 is 0. The number of nitrogens with one attached hydrogen (secondary N) is 1. The highest BCUT2D eigenvalue weighted by atomic mass is 16.3. The van der Waals surface area contributed by atoms with Gasteiger partial charge in [-0.3, -0.25) is 4.90 Å². The number of likely N-dealkylation sites (N-methyl/N-ethyl adjacent to an activating group) is 1. The molecule has 2 rings (SSSR count). The number of likely N-dealkylation sites (tertiary alicyclic amines) is 1. The van der Waals surface area contributed by atoms with Crippen molar-refractivity contribution in [2.24, 2.45) is 0 Å². The summed E-state index contributed by atoms with van der Waals surface area (Å²) in [7, 11) is 1.94. The Labute approximate surface area is 86.5 Å². The molecule has 0 aromatic carbocycles. The third kappa shape index (κ3) is 2.10. The summed E-state index contributed by atoms with van der Waals surface area (Å²) in [5, 5.41) is 13.0. The molecule has 0 radical (unpaired) electrons. The van der Waals surface area contributed by atoms with E-state index in [0.717, 1.165) is 19.1 Å². The van der Waals surface area contributed by atoms with Gasteiger partial charge in [0.1, 0.15) is 0 Å². The Balaban J connectivity index is 1.86. The van der Waals surface area contributed by atoms with Crippen LogP contribution >= 0.6 is 0 Å². The van der Waals surface area contributed by atoms with Gasteiger partial charge in [0.15, 0.2) is 0 Å². The van der Waals surface area contributed by atoms with Crippen LogP contribution in [0, 0.1) is 0 Å². The molecule has 1 heterocycles. The third-order valence-electron chi connectivity index (χ3n) is 3.78. The first-order valence-electron chi connectivity index (χ1n) is 5.90. The molecule has 0 spiro atoms. The van der Waals surface area contributed by atoms with Crippen molar-refractivity contribution < 1.29 is 5.11 Å². The molecule has 3 nitrogen and oxygen atoms in total. The van der Waals surface area contributed by atoms with Crippen LogP contribution in [0.15, 0.2) is 0 Å². The third-order valence-corrected chi connectivity index (χ3v) is 3.78. The van der Waals surface area contributed by atoms with Crippen molar-refractivity contribution in [2.75, 3.05) is 20.1 Å². The second-order valence-corrected chi connectivity index (χ2v) is 4.71. The van der Waals surface area contributed by atoms with Gasteiger partial charge >= 0.3 is 0 Å². The lowest BCUT2D eigenvalue weighted by molar-refractivity contribution is 0.136. The average Bonchev–Trinajstić information content (AvgIpc) is 2.61. The maximum Gasteiger partial charge on any atom is 0.0832 e. The lowest BCUT2D eigenvalue weighted by atomic mass is 9.94. The topological polar surface area (TPSA) is 35.5 Å². The van der Waals surface area contributed by atoms with E-state index < -0.39 is 0 Å². The fraction of sp³-hybridized carbons (Fsp3) is 1.00. The number of hydrogen-bond acceptors (Lipinski definition) is 3. The summed E-state index contributed by atoms with van der Waals surface area (Å²) >= 11 is 0. The van der Waals surface area contributed by atoms with Crippen LogP contribution < -0.4 is 5.32 Å². The van der Waals surface area contributed by atoms with Gasteiger partial charge in [-0.2, -0.15) is 0 Å². The van der Waals surface area contributed by atoms with Crippen LogP contribution in [0.3, 0.4) is 0 Å². The molecule has 1 aliphatic carbocycles. The van der Waals surface area contributed by atoms with Gasteiger partial charge < -0.3 is 10.4 Å². The van der Waals surface area contributed by atoms with E-state index in [4.69, 9.17) is 0 Å². The number of rotatable bonds is 2. The maximum absolute atomic E-state index is 9.79. The molecule has 0 amide bonds. The zero-order valence-corrected chi connectivity index (χ0v) is 9.08. The molecular formula is C11H22N2O. The van der Waals surface area contributed by atoms with Crippen molar-refractivity contribution in [3.8, 4) is 0 Å². The second-order valence-electron chi connectivity index (χ2n) is 4.71. The van der Waals surface area contributed by atoms with E-state index in [9.17, 15) is 5.11 Å². The van der Waals surface area contributed by atoms with E-state index in [0.29, 0.717) is 0 Å². The number of hydrogen-bond donors (Lipinski definition) is 2. The van der Waals surface area contributed by atoms with E-state index in [2.05, 4.69) is 10.2 Å². The van der Waals surface area contributed by atoms with Crippen molar-refractivity contribution in [1.82, 2.24) is 10.2 Å². The lowest BCUT2D eigenvalue weighted by Gasteiger charge is -2.30. The van der Waals surface area contributed by atoms with Gasteiger partial charge in [-0.05, 0) is 19.9 Å². The highest BCUT2D eigenvalue weighted by molar-refractivity contribution is 4.91. The molecule has 2 fully saturated rings. The van der Waals surface area contributed by atoms with Crippen LogP contribution in [0.2, 0.25) is 0 Å². The van der Waals surface area contributed by atoms with Crippen LogP contribution in [0.5, 0.6) is 0 Å². The Bertz CT molecular complexity index is 180. The maximum atomic E-state index is 9.79. The molecule has 1 aliphatic heterocycles. The predicted molar refractivity (Wildman–Crippen MR) is 57.3 cm³/mol. The lowest BCUT2D eigenvalue weighted by Crippen LogP contribution is -2.38. The van der Waals surface area contributed by atoms with Crippen molar-refractivity contribution in [1.29, 1.82) is 0 Å². The molecule has 0 aromatic heterocycles. The molecule has 0 aromatic rings. The molecule has 2 aliphatic rings. The summed E-state index contributed by atoms with van der Waals surface area (Å²) in [6.07, 6.45) is 6.67. The number of nitrogens with zero attached hydrogens (tertiary/aromatic N) is 1. The van der Waals surface area contributed by atoms with Crippen LogP contribution in [0.4, 0.5) is 0 Å². The minimum absolute atomic E-state index is 0.165. The first kappa shape index (κ1) is 10.4. The molecule has 2 N–H and O–H groups in total. The monoisotopic (exact) mass is 198 g/mol. The van der Waals surface area contributed by atoms with E-state index >= 15 is 0 Å². The van der Waals surface area contributed by atoms with Crippen molar-refractivity contribution in [3.63, 3.8) is 0 Å². The second kappa shape index (κ2) is 4.60. The minimum atomic E-state index is -0.165. The molecule has 0 unspecified atom stereocenters. The summed E-state index contributed by atoms with van der Waals surface area (Å²) in [6.45, 7) is 1.90. The smallest absolute Gasteiger partial charge is 0.0832 e. The van der Waals surface area contributed by atoms with Gasteiger partial charge in [0.05, 0.1) is 6.10 Å². The number of β-amino-alcohol motifs (C(OH)–C–C–N with tert-alkyl or cyclic N) is 1. The van der Waals surface area contributed by atoms with E-state index in [-0.39, 0.29) is 12.1 Å². The average molecular weight is 198 g/mol. The van der Waals surface area contributed by atoms with Crippen LogP contribution in [0.1, 0.15) is 32.1 Å². The van der Waals surface area contributed by atoms with Crippen LogP contribution in [-0.4, -0.2) is 48.3 Å². The largest absolute Gasteiger partial charge is 0.390 e. The summed E-state index contributed by atoms with van der Waals surface area (Å²) in [4.78, 5) is 2.48. The van der Waals surface area contributed by atoms with Gasteiger partial charge in [-0.1, -0.05) is 19.3 Å². The Kier molecular flexibility index (Phi) is 3.42. The Hall–Kier alpha value is -0.120. The Morgan fingerprint density at radius 2 is 1.86 bits per heavy atom. The van der Waals surface area contributed by atoms with Crippen molar-refractivity contribution >= 4 is 0 Å². The first-order chi connectivity index (χ1) is 6.81. The summed E-state index contributed by atoms with van der Waals surface area (Å²) in [6, 6.07) is 1.04. The zero-order valence-electron chi connectivity index (χ0n) is 9.08. The molecule has 14 heavy (non-hydrogen) atoms. The molecule has 82 valence electrons. The van der Waals surface area contributed by atoms with E-state index in [1.54, 1.807) is 0 Å². The predicted octanol–water partition coefficient (Wildman–Crippen LogP) is 0.584. The van der Waals surface area contributed by atoms with Gasteiger partial charge in [-0.25, -0.2) is 0 Å². The van der Waals surface area contributed by atoms with Crippen LogP contribution in [-0.2, 0) is 0 Å². The highest BCUT2D eigenvalue weighted by Crippen LogP contribution is 2.25. The minimum Gasteiger partial charge on any atom is -0.390 e. The molecule has 1 saturated carbocycles. The van der Waals surface area contributed by atoms with Gasteiger partial charge in [0, 0.05) is 25.2 Å². The van der Waals surface area contributed by atoms with Gasteiger partial charge in [0.25, 0.3) is 0 Å². The summed E-state index contributed by atoms with van der Waals surface area (Å²) in [5.41, 5.74) is 0. The van der Waals surface area contributed by atoms with Crippen LogP contribution in [0.25, 0.3) is 0 Å². The van der Waals surface area contributed by atoms with Crippen molar-refractivity contribution in [3.05, 3.63) is 0 Å². The number of aliphatic hydroxyl groups is 1. The SMILES string of the molecule is CN[C@H]1CN(C2CCCCC2)C[C@@H]1O.